The number of piperidine rings is 1. The summed E-state index contributed by atoms with van der Waals surface area (Å²) >= 11 is 0. The molecule has 1 fully saturated rings. The fourth-order valence-electron chi connectivity index (χ4n) is 3.98. The average molecular weight is 465 g/mol. The van der Waals surface area contributed by atoms with Gasteiger partial charge in [-0.1, -0.05) is 43.7 Å². The number of nitriles is 2. The summed E-state index contributed by atoms with van der Waals surface area (Å²) in [6, 6.07) is 16.1. The maximum atomic E-state index is 12.6. The van der Waals surface area contributed by atoms with Gasteiger partial charge in [-0.05, 0) is 54.6 Å². The standard InChI is InChI=1S/C25H28N4O3S/c1-2-13-33(31,32)24-14-20(10-11-21(24)15-26)18-6-8-19(9-7-18)22(16-27)17-29-25(30)23-5-3-4-12-28-23/h6-11,14,22-23,28H,2-5,12-13,17H2,1H3,(H,29,30)/t22-,23-/m0/s1. The van der Waals surface area contributed by atoms with E-state index in [-0.39, 0.29) is 34.7 Å². The SMILES string of the molecule is CCCS(=O)(=O)c1cc(-c2ccc([C@@H](C#N)CNC(=O)[C@@H]3CCCCN3)cc2)ccc1C#N. The normalized spacial score (nSPS) is 16.9. The minimum atomic E-state index is -3.54. The molecule has 3 rings (SSSR count). The lowest BCUT2D eigenvalue weighted by atomic mass is 9.96. The van der Waals surface area contributed by atoms with E-state index >= 15 is 0 Å². The minimum absolute atomic E-state index is 0.0178. The zero-order chi connectivity index (χ0) is 23.8. The molecule has 1 saturated heterocycles. The number of carbonyl (C=O) groups is 1. The smallest absolute Gasteiger partial charge is 0.237 e. The average Bonchev–Trinajstić information content (AvgIpc) is 2.84. The van der Waals surface area contributed by atoms with Gasteiger partial charge in [-0.15, -0.1) is 0 Å². The van der Waals surface area contributed by atoms with Gasteiger partial charge in [0.1, 0.15) is 6.07 Å². The van der Waals surface area contributed by atoms with E-state index in [1.54, 1.807) is 13.0 Å². The molecule has 172 valence electrons. The van der Waals surface area contributed by atoms with Gasteiger partial charge in [0, 0.05) is 6.54 Å². The summed E-state index contributed by atoms with van der Waals surface area (Å²) in [6.45, 7) is 2.84. The highest BCUT2D eigenvalue weighted by molar-refractivity contribution is 7.91. The van der Waals surface area contributed by atoms with Crippen molar-refractivity contribution in [3.05, 3.63) is 53.6 Å². The lowest BCUT2D eigenvalue weighted by Crippen LogP contribution is -2.47. The van der Waals surface area contributed by atoms with Crippen LogP contribution in [0.15, 0.2) is 47.4 Å². The third-order valence-electron chi connectivity index (χ3n) is 5.82. The zero-order valence-corrected chi connectivity index (χ0v) is 19.5. The molecule has 1 amide bonds. The van der Waals surface area contributed by atoms with Crippen molar-refractivity contribution >= 4 is 15.7 Å². The fraction of sp³-hybridized carbons (Fsp3) is 0.400. The third kappa shape index (κ3) is 5.98. The number of sulfone groups is 1. The molecule has 7 nitrogen and oxygen atoms in total. The van der Waals surface area contributed by atoms with Gasteiger partial charge in [0.25, 0.3) is 0 Å². The number of benzene rings is 2. The van der Waals surface area contributed by atoms with E-state index in [0.29, 0.717) is 12.0 Å². The van der Waals surface area contributed by atoms with Crippen LogP contribution in [0, 0.1) is 22.7 Å². The number of nitrogens with one attached hydrogen (secondary N) is 2. The van der Waals surface area contributed by atoms with Gasteiger partial charge >= 0.3 is 0 Å². The van der Waals surface area contributed by atoms with Crippen LogP contribution in [-0.4, -0.2) is 39.2 Å². The second kappa shape index (κ2) is 11.1. The van der Waals surface area contributed by atoms with E-state index in [9.17, 15) is 23.7 Å². The number of hydrogen-bond acceptors (Lipinski definition) is 6. The molecule has 8 heteroatoms. The molecular formula is C25H28N4O3S. The summed E-state index contributed by atoms with van der Waals surface area (Å²) in [7, 11) is -3.54. The van der Waals surface area contributed by atoms with Crippen molar-refractivity contribution in [2.75, 3.05) is 18.8 Å². The van der Waals surface area contributed by atoms with Crippen LogP contribution in [0.5, 0.6) is 0 Å². The third-order valence-corrected chi connectivity index (χ3v) is 7.77. The molecule has 0 unspecified atom stereocenters. The maximum absolute atomic E-state index is 12.6. The Morgan fingerprint density at radius 2 is 1.88 bits per heavy atom. The Balaban J connectivity index is 1.75. The van der Waals surface area contributed by atoms with Crippen LogP contribution < -0.4 is 10.6 Å². The van der Waals surface area contributed by atoms with Gasteiger partial charge in [-0.25, -0.2) is 8.42 Å². The Morgan fingerprint density at radius 3 is 2.48 bits per heavy atom. The highest BCUT2D eigenvalue weighted by Gasteiger charge is 2.22. The van der Waals surface area contributed by atoms with E-state index < -0.39 is 15.8 Å². The van der Waals surface area contributed by atoms with Crippen LogP contribution >= 0.6 is 0 Å². The predicted octanol–water partition coefficient (Wildman–Crippen LogP) is 3.27. The number of rotatable bonds is 8. The molecule has 0 saturated carbocycles. The molecule has 33 heavy (non-hydrogen) atoms. The van der Waals surface area contributed by atoms with E-state index in [1.165, 1.54) is 12.1 Å². The van der Waals surface area contributed by atoms with Gasteiger partial charge < -0.3 is 10.6 Å². The van der Waals surface area contributed by atoms with Crippen molar-refractivity contribution in [1.82, 2.24) is 10.6 Å². The fourth-order valence-corrected chi connectivity index (χ4v) is 5.49. The zero-order valence-electron chi connectivity index (χ0n) is 18.7. The summed E-state index contributed by atoms with van der Waals surface area (Å²) in [5.41, 5.74) is 2.37. The summed E-state index contributed by atoms with van der Waals surface area (Å²) < 4.78 is 25.2. The predicted molar refractivity (Wildman–Crippen MR) is 126 cm³/mol. The molecular weight excluding hydrogens is 436 g/mol. The number of carbonyl (C=O) groups excluding carboxylic acids is 1. The first-order valence-electron chi connectivity index (χ1n) is 11.2. The number of hydrogen-bond donors (Lipinski definition) is 2. The van der Waals surface area contributed by atoms with E-state index in [0.717, 1.165) is 36.9 Å². The van der Waals surface area contributed by atoms with Crippen LogP contribution in [0.2, 0.25) is 0 Å². The molecule has 0 aliphatic carbocycles. The monoisotopic (exact) mass is 464 g/mol. The number of nitrogens with zero attached hydrogens (tertiary/aromatic N) is 2. The molecule has 2 aromatic rings. The quantitative estimate of drug-likeness (QED) is 0.618. The Bertz CT molecular complexity index is 1170. The lowest BCUT2D eigenvalue weighted by molar-refractivity contribution is -0.123. The van der Waals surface area contributed by atoms with Crippen LogP contribution in [-0.2, 0) is 14.6 Å². The van der Waals surface area contributed by atoms with Crippen LogP contribution in [0.4, 0.5) is 0 Å². The molecule has 1 heterocycles. The summed E-state index contributed by atoms with van der Waals surface area (Å²) in [6.07, 6.45) is 3.36. The van der Waals surface area contributed by atoms with Crippen molar-refractivity contribution in [2.45, 2.75) is 49.5 Å². The summed E-state index contributed by atoms with van der Waals surface area (Å²) in [4.78, 5) is 12.4. The van der Waals surface area contributed by atoms with Gasteiger partial charge in [0.15, 0.2) is 9.84 Å². The second-order valence-electron chi connectivity index (χ2n) is 8.19. The molecule has 0 spiro atoms. The van der Waals surface area contributed by atoms with Gasteiger partial charge in [-0.2, -0.15) is 10.5 Å². The van der Waals surface area contributed by atoms with Crippen molar-refractivity contribution in [3.63, 3.8) is 0 Å². The molecule has 0 radical (unpaired) electrons. The summed E-state index contributed by atoms with van der Waals surface area (Å²) in [5.74, 6) is -0.589. The molecule has 1 aliphatic heterocycles. The molecule has 1 aliphatic rings. The first-order chi connectivity index (χ1) is 15.9. The summed E-state index contributed by atoms with van der Waals surface area (Å²) in [5, 5.41) is 25.0. The van der Waals surface area contributed by atoms with Crippen LogP contribution in [0.25, 0.3) is 11.1 Å². The van der Waals surface area contributed by atoms with Crippen molar-refractivity contribution in [2.24, 2.45) is 0 Å². The topological polar surface area (TPSA) is 123 Å². The van der Waals surface area contributed by atoms with E-state index in [1.807, 2.05) is 30.3 Å². The first-order valence-corrected chi connectivity index (χ1v) is 12.8. The minimum Gasteiger partial charge on any atom is -0.353 e. The van der Waals surface area contributed by atoms with E-state index in [4.69, 9.17) is 0 Å². The molecule has 2 atom stereocenters. The Labute approximate surface area is 195 Å². The van der Waals surface area contributed by atoms with Gasteiger partial charge in [-0.3, -0.25) is 4.79 Å². The highest BCUT2D eigenvalue weighted by Crippen LogP contribution is 2.27. The van der Waals surface area contributed by atoms with Gasteiger partial charge in [0.05, 0.1) is 34.2 Å². The number of amides is 1. The molecule has 0 aromatic heterocycles. The van der Waals surface area contributed by atoms with Crippen LogP contribution in [0.3, 0.4) is 0 Å². The van der Waals surface area contributed by atoms with Gasteiger partial charge in [0.2, 0.25) is 5.91 Å². The Morgan fingerprint density at radius 1 is 1.15 bits per heavy atom. The lowest BCUT2D eigenvalue weighted by Gasteiger charge is -2.23. The van der Waals surface area contributed by atoms with Crippen LogP contribution in [0.1, 0.15) is 49.7 Å². The highest BCUT2D eigenvalue weighted by atomic mass is 32.2. The van der Waals surface area contributed by atoms with Crippen molar-refractivity contribution in [1.29, 1.82) is 10.5 Å². The largest absolute Gasteiger partial charge is 0.353 e. The second-order valence-corrected chi connectivity index (χ2v) is 10.3. The molecule has 2 aromatic carbocycles. The molecule has 2 N–H and O–H groups in total. The first kappa shape index (κ1) is 24.4. The van der Waals surface area contributed by atoms with Crippen molar-refractivity contribution < 1.29 is 13.2 Å². The maximum Gasteiger partial charge on any atom is 0.237 e. The van der Waals surface area contributed by atoms with Crippen molar-refractivity contribution in [3.8, 4) is 23.3 Å². The Hall–Kier alpha value is -3.20. The van der Waals surface area contributed by atoms with E-state index in [2.05, 4.69) is 16.7 Å². The Kier molecular flexibility index (Phi) is 8.21. The molecule has 0 bridgehead atoms.